The minimum absolute atomic E-state index is 0.118. The minimum Gasteiger partial charge on any atom is -0.295 e. The third-order valence-corrected chi connectivity index (χ3v) is 3.73. The fraction of sp³-hybridized carbons (Fsp3) is 0.643. The fourth-order valence-corrected chi connectivity index (χ4v) is 2.19. The summed E-state index contributed by atoms with van der Waals surface area (Å²) in [6, 6.07) is 0. The van der Waals surface area contributed by atoms with Crippen LogP contribution in [0.15, 0.2) is 23.3 Å². The van der Waals surface area contributed by atoms with Crippen LogP contribution in [0.3, 0.4) is 0 Å². The van der Waals surface area contributed by atoms with Gasteiger partial charge < -0.3 is 0 Å². The van der Waals surface area contributed by atoms with Crippen molar-refractivity contribution in [3.63, 3.8) is 0 Å². The Morgan fingerprint density at radius 3 is 2.73 bits per heavy atom. The van der Waals surface area contributed by atoms with Crippen LogP contribution in [0.5, 0.6) is 0 Å². The second-order valence-corrected chi connectivity index (χ2v) is 4.83. The first-order chi connectivity index (χ1) is 6.99. The molecule has 84 valence electrons. The van der Waals surface area contributed by atoms with Gasteiger partial charge in [-0.05, 0) is 39.2 Å². The molecule has 0 radical (unpaired) electrons. The molecule has 0 aliphatic heterocycles. The molecule has 1 unspecified atom stereocenters. The molecular formula is C14H22O. The Labute approximate surface area is 93.3 Å². The van der Waals surface area contributed by atoms with E-state index in [9.17, 15) is 4.79 Å². The topological polar surface area (TPSA) is 17.1 Å². The van der Waals surface area contributed by atoms with Crippen molar-refractivity contribution in [1.29, 1.82) is 0 Å². The van der Waals surface area contributed by atoms with E-state index in [4.69, 9.17) is 0 Å². The molecule has 1 aliphatic rings. The van der Waals surface area contributed by atoms with Crippen LogP contribution in [-0.4, -0.2) is 5.78 Å². The van der Waals surface area contributed by atoms with Crippen molar-refractivity contribution >= 4 is 5.78 Å². The molecule has 1 heteroatoms. The van der Waals surface area contributed by atoms with E-state index < -0.39 is 0 Å². The first-order valence-corrected chi connectivity index (χ1v) is 5.88. The predicted molar refractivity (Wildman–Crippen MR) is 64.8 cm³/mol. The average molecular weight is 206 g/mol. The maximum Gasteiger partial charge on any atom is 0.155 e. The van der Waals surface area contributed by atoms with Crippen LogP contribution < -0.4 is 0 Å². The van der Waals surface area contributed by atoms with Crippen LogP contribution in [0.1, 0.15) is 53.4 Å². The standard InChI is InChI=1S/C14H22O/c1-5-13(15)8-10-14(4)9-6-7-11(2)12(14)3/h8,10H,5-7,9H2,1-4H3. The first-order valence-electron chi connectivity index (χ1n) is 5.88. The quantitative estimate of drug-likeness (QED) is 0.503. The van der Waals surface area contributed by atoms with Crippen LogP contribution in [0.2, 0.25) is 0 Å². The summed E-state index contributed by atoms with van der Waals surface area (Å²) >= 11 is 0. The zero-order chi connectivity index (χ0) is 11.5. The Balaban J connectivity index is 2.87. The maximum atomic E-state index is 11.3. The number of hydrogen-bond acceptors (Lipinski definition) is 1. The molecule has 0 bridgehead atoms. The summed E-state index contributed by atoms with van der Waals surface area (Å²) < 4.78 is 0. The normalized spacial score (nSPS) is 27.5. The van der Waals surface area contributed by atoms with Crippen LogP contribution in [-0.2, 0) is 4.79 Å². The Hall–Kier alpha value is -0.850. The zero-order valence-corrected chi connectivity index (χ0v) is 10.4. The summed E-state index contributed by atoms with van der Waals surface area (Å²) in [5.41, 5.74) is 3.07. The molecule has 1 atom stereocenters. The lowest BCUT2D eigenvalue weighted by molar-refractivity contribution is -0.114. The SMILES string of the molecule is CCC(=O)C=CC1(C)CCCC(C)=C1C. The summed E-state index contributed by atoms with van der Waals surface area (Å²) in [4.78, 5) is 11.3. The number of rotatable bonds is 3. The maximum absolute atomic E-state index is 11.3. The third-order valence-electron chi connectivity index (χ3n) is 3.73. The third kappa shape index (κ3) is 2.80. The van der Waals surface area contributed by atoms with Gasteiger partial charge in [0.15, 0.2) is 5.78 Å². The smallest absolute Gasteiger partial charge is 0.155 e. The molecule has 15 heavy (non-hydrogen) atoms. The van der Waals surface area contributed by atoms with Gasteiger partial charge in [-0.1, -0.05) is 31.1 Å². The molecule has 0 spiro atoms. The van der Waals surface area contributed by atoms with Crippen LogP contribution in [0.25, 0.3) is 0 Å². The number of allylic oxidation sites excluding steroid dienone is 4. The summed E-state index contributed by atoms with van der Waals surface area (Å²) in [6.07, 6.45) is 8.11. The Kier molecular flexibility index (Phi) is 3.90. The molecule has 0 fully saturated rings. The summed E-state index contributed by atoms with van der Waals surface area (Å²) in [5.74, 6) is 0.229. The van der Waals surface area contributed by atoms with Crippen LogP contribution in [0.4, 0.5) is 0 Å². The molecule has 1 rings (SSSR count). The molecule has 0 aromatic heterocycles. The van der Waals surface area contributed by atoms with Crippen molar-refractivity contribution in [3.05, 3.63) is 23.3 Å². The number of ketones is 1. The minimum atomic E-state index is 0.118. The fourth-order valence-electron chi connectivity index (χ4n) is 2.19. The van der Waals surface area contributed by atoms with E-state index in [1.165, 1.54) is 30.4 Å². The van der Waals surface area contributed by atoms with Gasteiger partial charge in [0, 0.05) is 11.8 Å². The lowest BCUT2D eigenvalue weighted by Gasteiger charge is -2.33. The lowest BCUT2D eigenvalue weighted by Crippen LogP contribution is -2.20. The number of carbonyl (C=O) groups is 1. The average Bonchev–Trinajstić information content (AvgIpc) is 2.23. The molecule has 0 amide bonds. The van der Waals surface area contributed by atoms with E-state index in [-0.39, 0.29) is 11.2 Å². The lowest BCUT2D eigenvalue weighted by atomic mass is 9.72. The highest BCUT2D eigenvalue weighted by molar-refractivity contribution is 5.89. The highest BCUT2D eigenvalue weighted by Crippen LogP contribution is 2.41. The summed E-state index contributed by atoms with van der Waals surface area (Å²) in [7, 11) is 0. The van der Waals surface area contributed by atoms with Gasteiger partial charge in [0.1, 0.15) is 0 Å². The van der Waals surface area contributed by atoms with E-state index in [0.29, 0.717) is 6.42 Å². The Morgan fingerprint density at radius 1 is 1.47 bits per heavy atom. The van der Waals surface area contributed by atoms with E-state index in [1.807, 2.05) is 6.92 Å². The number of carbonyl (C=O) groups excluding carboxylic acids is 1. The molecule has 0 N–H and O–H groups in total. The second-order valence-electron chi connectivity index (χ2n) is 4.83. The second kappa shape index (κ2) is 4.78. The highest BCUT2D eigenvalue weighted by atomic mass is 16.1. The molecule has 0 saturated carbocycles. The molecule has 0 saturated heterocycles. The van der Waals surface area contributed by atoms with Crippen molar-refractivity contribution in [2.45, 2.75) is 53.4 Å². The molecular weight excluding hydrogens is 184 g/mol. The monoisotopic (exact) mass is 206 g/mol. The molecule has 1 nitrogen and oxygen atoms in total. The van der Waals surface area contributed by atoms with E-state index >= 15 is 0 Å². The van der Waals surface area contributed by atoms with Gasteiger partial charge in [0.2, 0.25) is 0 Å². The van der Waals surface area contributed by atoms with E-state index in [2.05, 4.69) is 26.8 Å². The van der Waals surface area contributed by atoms with Gasteiger partial charge in [0.25, 0.3) is 0 Å². The van der Waals surface area contributed by atoms with Gasteiger partial charge in [-0.2, -0.15) is 0 Å². The van der Waals surface area contributed by atoms with Gasteiger partial charge in [-0.3, -0.25) is 4.79 Å². The highest BCUT2D eigenvalue weighted by Gasteiger charge is 2.27. The number of hydrogen-bond donors (Lipinski definition) is 0. The van der Waals surface area contributed by atoms with Crippen molar-refractivity contribution in [1.82, 2.24) is 0 Å². The molecule has 1 aliphatic carbocycles. The van der Waals surface area contributed by atoms with Crippen LogP contribution in [0, 0.1) is 5.41 Å². The van der Waals surface area contributed by atoms with Crippen molar-refractivity contribution < 1.29 is 4.79 Å². The van der Waals surface area contributed by atoms with Gasteiger partial charge >= 0.3 is 0 Å². The Morgan fingerprint density at radius 2 is 2.13 bits per heavy atom. The van der Waals surface area contributed by atoms with Gasteiger partial charge in [-0.15, -0.1) is 0 Å². The largest absolute Gasteiger partial charge is 0.295 e. The van der Waals surface area contributed by atoms with Crippen molar-refractivity contribution in [2.24, 2.45) is 5.41 Å². The first kappa shape index (κ1) is 12.2. The van der Waals surface area contributed by atoms with E-state index in [1.54, 1.807) is 6.08 Å². The summed E-state index contributed by atoms with van der Waals surface area (Å²) in [5, 5.41) is 0. The van der Waals surface area contributed by atoms with Crippen LogP contribution >= 0.6 is 0 Å². The van der Waals surface area contributed by atoms with Crippen molar-refractivity contribution in [2.75, 3.05) is 0 Å². The predicted octanol–water partition coefficient (Wildman–Crippen LogP) is 4.05. The zero-order valence-electron chi connectivity index (χ0n) is 10.4. The molecule has 0 aromatic rings. The summed E-state index contributed by atoms with van der Waals surface area (Å²) in [6.45, 7) is 8.56. The molecule has 0 aromatic carbocycles. The molecule has 0 heterocycles. The van der Waals surface area contributed by atoms with Gasteiger partial charge in [-0.25, -0.2) is 0 Å². The van der Waals surface area contributed by atoms with E-state index in [0.717, 1.165) is 0 Å². The van der Waals surface area contributed by atoms with Gasteiger partial charge in [0.05, 0.1) is 0 Å². The Bertz CT molecular complexity index is 309. The van der Waals surface area contributed by atoms with Crippen molar-refractivity contribution in [3.8, 4) is 0 Å².